The number of aldehydes is 1. The van der Waals surface area contributed by atoms with Gasteiger partial charge in [0, 0.05) is 12.4 Å². The Labute approximate surface area is 68.9 Å². The normalized spacial score (nSPS) is 10.0. The van der Waals surface area contributed by atoms with Crippen LogP contribution in [0.25, 0.3) is 5.82 Å². The van der Waals surface area contributed by atoms with Gasteiger partial charge in [0.25, 0.3) is 0 Å². The molecule has 2 heterocycles. The molecule has 2 aromatic rings. The van der Waals surface area contributed by atoms with Gasteiger partial charge in [-0.05, 0) is 12.1 Å². The second-order valence-corrected chi connectivity index (χ2v) is 2.39. The molecule has 2 rings (SSSR count). The van der Waals surface area contributed by atoms with Crippen molar-refractivity contribution in [2.75, 3.05) is 0 Å². The largest absolute Gasteiger partial charge is 0.339 e. The second-order valence-electron chi connectivity index (χ2n) is 2.39. The van der Waals surface area contributed by atoms with Crippen LogP contribution in [0.4, 0.5) is 0 Å². The van der Waals surface area contributed by atoms with Gasteiger partial charge in [0.2, 0.25) is 0 Å². The molecule has 0 bridgehead atoms. The summed E-state index contributed by atoms with van der Waals surface area (Å²) in [6.07, 6.45) is 5.93. The fraction of sp³-hybridized carbons (Fsp3) is 0. The number of imidazole rings is 1. The summed E-state index contributed by atoms with van der Waals surface area (Å²) in [6, 6.07) is 3.55. The van der Waals surface area contributed by atoms with Crippen LogP contribution in [0.3, 0.4) is 0 Å². The monoisotopic (exact) mass is 161 g/mol. The second kappa shape index (κ2) is 2.65. The van der Waals surface area contributed by atoms with Crippen LogP contribution in [0.1, 0.15) is 10.5 Å². The number of hydrogen-bond acceptors (Lipinski definition) is 2. The summed E-state index contributed by atoms with van der Waals surface area (Å²) in [5, 5.41) is 0. The molecule has 0 saturated heterocycles. The van der Waals surface area contributed by atoms with E-state index in [-0.39, 0.29) is 0 Å². The molecule has 0 aromatic carbocycles. The van der Waals surface area contributed by atoms with Gasteiger partial charge in [-0.15, -0.1) is 0 Å². The minimum Gasteiger partial charge on any atom is -0.339 e. The van der Waals surface area contributed by atoms with Gasteiger partial charge in [-0.25, -0.2) is 4.98 Å². The van der Waals surface area contributed by atoms with E-state index in [2.05, 4.69) is 9.97 Å². The average Bonchev–Trinajstić information content (AvgIpc) is 2.75. The highest BCUT2D eigenvalue weighted by atomic mass is 16.1. The molecule has 0 amide bonds. The molecule has 12 heavy (non-hydrogen) atoms. The van der Waals surface area contributed by atoms with E-state index >= 15 is 0 Å². The van der Waals surface area contributed by atoms with Gasteiger partial charge in [0.15, 0.2) is 6.29 Å². The minimum absolute atomic E-state index is 0.568. The van der Waals surface area contributed by atoms with Crippen molar-refractivity contribution < 1.29 is 4.79 Å². The van der Waals surface area contributed by atoms with Crippen molar-refractivity contribution in [2.24, 2.45) is 0 Å². The fourth-order valence-electron chi connectivity index (χ4n) is 1.02. The van der Waals surface area contributed by atoms with Gasteiger partial charge in [-0.3, -0.25) is 9.36 Å². The first-order chi connectivity index (χ1) is 5.90. The highest BCUT2D eigenvalue weighted by Gasteiger charge is 1.97. The van der Waals surface area contributed by atoms with Crippen LogP contribution in [0.5, 0.6) is 0 Å². The van der Waals surface area contributed by atoms with Crippen molar-refractivity contribution in [2.45, 2.75) is 0 Å². The van der Waals surface area contributed by atoms with Crippen LogP contribution in [0, 0.1) is 0 Å². The summed E-state index contributed by atoms with van der Waals surface area (Å²) in [5.74, 6) is 0.842. The molecule has 1 N–H and O–H groups in total. The predicted molar refractivity (Wildman–Crippen MR) is 43.3 cm³/mol. The number of carbonyl (C=O) groups is 1. The molecule has 4 nitrogen and oxygen atoms in total. The van der Waals surface area contributed by atoms with Crippen LogP contribution < -0.4 is 0 Å². The summed E-state index contributed by atoms with van der Waals surface area (Å²) in [4.78, 5) is 17.1. The number of hydrogen-bond donors (Lipinski definition) is 1. The van der Waals surface area contributed by atoms with Gasteiger partial charge in [-0.1, -0.05) is 0 Å². The van der Waals surface area contributed by atoms with Crippen LogP contribution in [0.15, 0.2) is 30.9 Å². The predicted octanol–water partition coefficient (Wildman–Crippen LogP) is 1.01. The Morgan fingerprint density at radius 3 is 3.00 bits per heavy atom. The van der Waals surface area contributed by atoms with Crippen LogP contribution in [0.2, 0.25) is 0 Å². The van der Waals surface area contributed by atoms with E-state index in [9.17, 15) is 4.79 Å². The molecule has 60 valence electrons. The van der Waals surface area contributed by atoms with E-state index in [0.717, 1.165) is 12.1 Å². The van der Waals surface area contributed by atoms with E-state index in [4.69, 9.17) is 0 Å². The van der Waals surface area contributed by atoms with Gasteiger partial charge < -0.3 is 4.98 Å². The number of nitrogens with zero attached hydrogens (tertiary/aromatic N) is 2. The third kappa shape index (κ3) is 1.03. The Kier molecular flexibility index (Phi) is 1.51. The van der Waals surface area contributed by atoms with Gasteiger partial charge >= 0.3 is 0 Å². The molecule has 0 fully saturated rings. The van der Waals surface area contributed by atoms with Crippen molar-refractivity contribution in [1.29, 1.82) is 0 Å². The minimum atomic E-state index is 0.568. The maximum Gasteiger partial charge on any atom is 0.166 e. The van der Waals surface area contributed by atoms with Gasteiger partial charge in [0.05, 0.1) is 5.69 Å². The highest BCUT2D eigenvalue weighted by Crippen LogP contribution is 2.04. The van der Waals surface area contributed by atoms with Crippen LogP contribution >= 0.6 is 0 Å². The lowest BCUT2D eigenvalue weighted by Gasteiger charge is -1.94. The molecular weight excluding hydrogens is 154 g/mol. The molecule has 0 aliphatic carbocycles. The Hall–Kier alpha value is -1.84. The Morgan fingerprint density at radius 1 is 1.50 bits per heavy atom. The molecule has 0 saturated carbocycles. The maximum atomic E-state index is 10.3. The molecule has 0 radical (unpaired) electrons. The van der Waals surface area contributed by atoms with Crippen LogP contribution in [-0.4, -0.2) is 20.8 Å². The molecule has 4 heteroatoms. The fourth-order valence-corrected chi connectivity index (χ4v) is 1.02. The smallest absolute Gasteiger partial charge is 0.166 e. The highest BCUT2D eigenvalue weighted by molar-refractivity contribution is 5.72. The van der Waals surface area contributed by atoms with Gasteiger partial charge in [-0.2, -0.15) is 0 Å². The Balaban J connectivity index is 2.41. The van der Waals surface area contributed by atoms with Crippen molar-refractivity contribution in [3.05, 3.63) is 36.5 Å². The number of aromatic amines is 1. The summed E-state index contributed by atoms with van der Waals surface area (Å²) >= 11 is 0. The van der Waals surface area contributed by atoms with Crippen molar-refractivity contribution in [3.8, 4) is 5.82 Å². The summed E-state index contributed by atoms with van der Waals surface area (Å²) in [6.45, 7) is 0. The lowest BCUT2D eigenvalue weighted by Crippen LogP contribution is -1.89. The molecule has 0 unspecified atom stereocenters. The average molecular weight is 161 g/mol. The quantitative estimate of drug-likeness (QED) is 0.668. The molecule has 0 aliphatic heterocycles. The van der Waals surface area contributed by atoms with E-state index in [1.165, 1.54) is 0 Å². The molecule has 0 aliphatic rings. The third-order valence-corrected chi connectivity index (χ3v) is 1.60. The number of rotatable bonds is 2. The number of H-pyrrole nitrogens is 1. The Bertz CT molecular complexity index is 375. The zero-order chi connectivity index (χ0) is 8.39. The number of carbonyl (C=O) groups excluding carboxylic acids is 1. The van der Waals surface area contributed by atoms with E-state index in [0.29, 0.717) is 5.69 Å². The first kappa shape index (κ1) is 6.84. The van der Waals surface area contributed by atoms with E-state index < -0.39 is 0 Å². The first-order valence-electron chi connectivity index (χ1n) is 3.52. The Morgan fingerprint density at radius 2 is 2.42 bits per heavy atom. The third-order valence-electron chi connectivity index (χ3n) is 1.60. The molecule has 2 aromatic heterocycles. The van der Waals surface area contributed by atoms with E-state index in [1.54, 1.807) is 29.4 Å². The molecular formula is C8H7N3O. The van der Waals surface area contributed by atoms with E-state index in [1.807, 2.05) is 6.07 Å². The zero-order valence-corrected chi connectivity index (χ0v) is 6.27. The van der Waals surface area contributed by atoms with Crippen molar-refractivity contribution >= 4 is 6.29 Å². The first-order valence-corrected chi connectivity index (χ1v) is 3.52. The number of aromatic nitrogens is 3. The summed E-state index contributed by atoms with van der Waals surface area (Å²) < 4.78 is 1.80. The lowest BCUT2D eigenvalue weighted by atomic mass is 10.5. The van der Waals surface area contributed by atoms with Crippen molar-refractivity contribution in [3.63, 3.8) is 0 Å². The molecule has 0 atom stereocenters. The molecule has 0 spiro atoms. The zero-order valence-electron chi connectivity index (χ0n) is 6.27. The van der Waals surface area contributed by atoms with Crippen LogP contribution in [-0.2, 0) is 0 Å². The maximum absolute atomic E-state index is 10.3. The van der Waals surface area contributed by atoms with Gasteiger partial charge in [0.1, 0.15) is 12.1 Å². The lowest BCUT2D eigenvalue weighted by molar-refractivity contribution is 0.111. The number of nitrogens with one attached hydrogen (secondary N) is 1. The summed E-state index contributed by atoms with van der Waals surface area (Å²) in [7, 11) is 0. The van der Waals surface area contributed by atoms with Crippen molar-refractivity contribution in [1.82, 2.24) is 14.5 Å². The topological polar surface area (TPSA) is 50.7 Å². The SMILES string of the molecule is O=Cc1ccc(-n2ccnc2)[nH]1. The summed E-state index contributed by atoms with van der Waals surface area (Å²) in [5.41, 5.74) is 0.568. The standard InChI is InChI=1S/C8H7N3O/c12-5-7-1-2-8(10-7)11-4-3-9-6-11/h1-6,10H.